The van der Waals surface area contributed by atoms with Crippen molar-refractivity contribution in [1.82, 2.24) is 9.55 Å². The van der Waals surface area contributed by atoms with Gasteiger partial charge in [-0.2, -0.15) is 0 Å². The van der Waals surface area contributed by atoms with Gasteiger partial charge in [0.2, 0.25) is 0 Å². The lowest BCUT2D eigenvalue weighted by Gasteiger charge is -2.10. The molecule has 0 aliphatic rings. The van der Waals surface area contributed by atoms with Gasteiger partial charge in [-0.1, -0.05) is 6.07 Å². The number of pyridine rings is 1. The molecule has 0 unspecified atom stereocenters. The van der Waals surface area contributed by atoms with Crippen molar-refractivity contribution < 1.29 is 14.2 Å². The van der Waals surface area contributed by atoms with Crippen molar-refractivity contribution in [2.24, 2.45) is 4.99 Å². The Kier molecular flexibility index (Phi) is 6.33. The number of hydrogen-bond acceptors (Lipinski definition) is 6. The van der Waals surface area contributed by atoms with Crippen LogP contribution < -0.4 is 19.0 Å². The number of benzene rings is 2. The molecule has 0 fully saturated rings. The normalized spacial score (nSPS) is 11.4. The van der Waals surface area contributed by atoms with Gasteiger partial charge in [-0.25, -0.2) is 4.99 Å². The average Bonchev–Trinajstić information content (AvgIpc) is 3.21. The highest BCUT2D eigenvalue weighted by Gasteiger charge is 2.11. The Hall–Kier alpha value is -3.58. The number of nitrogens with zero attached hydrogens (tertiary/aromatic N) is 3. The van der Waals surface area contributed by atoms with Crippen LogP contribution in [0.15, 0.2) is 77.2 Å². The van der Waals surface area contributed by atoms with Crippen LogP contribution in [-0.4, -0.2) is 30.9 Å². The molecule has 2 aromatic heterocycles. The number of ether oxygens (including phenoxy) is 3. The van der Waals surface area contributed by atoms with Crippen LogP contribution in [0.2, 0.25) is 0 Å². The van der Waals surface area contributed by atoms with Crippen molar-refractivity contribution in [3.8, 4) is 28.5 Å². The number of methoxy groups -OCH3 is 3. The zero-order valence-electron chi connectivity index (χ0n) is 17.6. The Labute approximate surface area is 185 Å². The molecular formula is C24H23N3O3S. The Morgan fingerprint density at radius 1 is 0.871 bits per heavy atom. The van der Waals surface area contributed by atoms with Gasteiger partial charge in [0.15, 0.2) is 4.80 Å². The summed E-state index contributed by atoms with van der Waals surface area (Å²) in [5.41, 5.74) is 3.86. The average molecular weight is 434 g/mol. The van der Waals surface area contributed by atoms with E-state index in [4.69, 9.17) is 19.2 Å². The maximum Gasteiger partial charge on any atom is 0.190 e. The van der Waals surface area contributed by atoms with Crippen LogP contribution in [0.4, 0.5) is 5.69 Å². The third kappa shape index (κ3) is 4.78. The summed E-state index contributed by atoms with van der Waals surface area (Å²) in [5, 5.41) is 2.11. The molecule has 4 aromatic rings. The van der Waals surface area contributed by atoms with Gasteiger partial charge in [-0.05, 0) is 42.0 Å². The van der Waals surface area contributed by atoms with Crippen LogP contribution in [0.3, 0.4) is 0 Å². The number of aromatic nitrogens is 2. The predicted molar refractivity (Wildman–Crippen MR) is 122 cm³/mol. The van der Waals surface area contributed by atoms with Crippen molar-refractivity contribution in [2.75, 3.05) is 21.3 Å². The standard InChI is InChI=1S/C24H23N3O3S/c1-28-20-9-7-17(8-10-20)23-16-31-24(27(23)15-18-6-4-5-11-25-18)26-19-12-21(29-2)14-22(13-19)30-3/h4-14,16H,15H2,1-3H3. The molecule has 6 nitrogen and oxygen atoms in total. The molecule has 0 saturated heterocycles. The number of rotatable bonds is 7. The van der Waals surface area contributed by atoms with E-state index in [1.807, 2.05) is 60.7 Å². The summed E-state index contributed by atoms with van der Waals surface area (Å²) >= 11 is 1.58. The molecular weight excluding hydrogens is 410 g/mol. The molecule has 0 aliphatic heterocycles. The lowest BCUT2D eigenvalue weighted by molar-refractivity contribution is 0.394. The molecule has 0 N–H and O–H groups in total. The molecule has 158 valence electrons. The Bertz CT molecular complexity index is 1190. The lowest BCUT2D eigenvalue weighted by Crippen LogP contribution is -2.17. The highest BCUT2D eigenvalue weighted by atomic mass is 32.1. The smallest absolute Gasteiger partial charge is 0.190 e. The van der Waals surface area contributed by atoms with Crippen molar-refractivity contribution in [3.05, 3.63) is 82.7 Å². The lowest BCUT2D eigenvalue weighted by atomic mass is 10.1. The fourth-order valence-corrected chi connectivity index (χ4v) is 4.11. The first-order chi connectivity index (χ1) is 15.2. The maximum atomic E-state index is 5.39. The van der Waals surface area contributed by atoms with Crippen LogP contribution in [0, 0.1) is 0 Å². The van der Waals surface area contributed by atoms with Gasteiger partial charge >= 0.3 is 0 Å². The van der Waals surface area contributed by atoms with E-state index in [0.717, 1.165) is 33.2 Å². The third-order valence-electron chi connectivity index (χ3n) is 4.79. The van der Waals surface area contributed by atoms with E-state index in [-0.39, 0.29) is 0 Å². The molecule has 0 spiro atoms. The maximum absolute atomic E-state index is 5.39. The molecule has 2 heterocycles. The van der Waals surface area contributed by atoms with E-state index in [1.165, 1.54) is 0 Å². The summed E-state index contributed by atoms with van der Waals surface area (Å²) in [6.45, 7) is 0.603. The second-order valence-corrected chi connectivity index (χ2v) is 7.56. The van der Waals surface area contributed by atoms with Gasteiger partial charge in [0.25, 0.3) is 0 Å². The molecule has 0 saturated carbocycles. The summed E-state index contributed by atoms with van der Waals surface area (Å²) in [7, 11) is 4.93. The topological polar surface area (TPSA) is 57.9 Å². The minimum Gasteiger partial charge on any atom is -0.497 e. The summed E-state index contributed by atoms with van der Waals surface area (Å²) in [4.78, 5) is 10.3. The Morgan fingerprint density at radius 3 is 2.19 bits per heavy atom. The van der Waals surface area contributed by atoms with Crippen molar-refractivity contribution in [1.29, 1.82) is 0 Å². The van der Waals surface area contributed by atoms with E-state index in [1.54, 1.807) is 38.9 Å². The molecule has 0 aliphatic carbocycles. The first kappa shape index (κ1) is 20.7. The van der Waals surface area contributed by atoms with Crippen LogP contribution in [0.1, 0.15) is 5.69 Å². The monoisotopic (exact) mass is 433 g/mol. The summed E-state index contributed by atoms with van der Waals surface area (Å²) < 4.78 is 18.3. The van der Waals surface area contributed by atoms with Crippen LogP contribution in [-0.2, 0) is 6.54 Å². The SMILES string of the molecule is COc1ccc(-c2csc(=Nc3cc(OC)cc(OC)c3)n2Cc2ccccn2)cc1. The van der Waals surface area contributed by atoms with E-state index < -0.39 is 0 Å². The molecule has 4 rings (SSSR count). The molecule has 31 heavy (non-hydrogen) atoms. The fourth-order valence-electron chi connectivity index (χ4n) is 3.19. The predicted octanol–water partition coefficient (Wildman–Crippen LogP) is 4.92. The second-order valence-electron chi connectivity index (χ2n) is 6.72. The first-order valence-corrected chi connectivity index (χ1v) is 10.6. The Balaban J connectivity index is 1.84. The zero-order chi connectivity index (χ0) is 21.6. The zero-order valence-corrected chi connectivity index (χ0v) is 18.4. The Morgan fingerprint density at radius 2 is 1.58 bits per heavy atom. The van der Waals surface area contributed by atoms with E-state index in [9.17, 15) is 0 Å². The summed E-state index contributed by atoms with van der Waals surface area (Å²) in [5.74, 6) is 2.21. The van der Waals surface area contributed by atoms with E-state index >= 15 is 0 Å². The summed E-state index contributed by atoms with van der Waals surface area (Å²) in [6.07, 6.45) is 1.80. The van der Waals surface area contributed by atoms with Gasteiger partial charge in [0.1, 0.15) is 17.2 Å². The van der Waals surface area contributed by atoms with E-state index in [0.29, 0.717) is 18.0 Å². The molecule has 0 radical (unpaired) electrons. The molecule has 0 atom stereocenters. The second kappa shape index (κ2) is 9.49. The number of hydrogen-bond donors (Lipinski definition) is 0. The number of thiazole rings is 1. The molecule has 0 amide bonds. The molecule has 2 aromatic carbocycles. The third-order valence-corrected chi connectivity index (χ3v) is 5.65. The van der Waals surface area contributed by atoms with Gasteiger partial charge < -0.3 is 18.8 Å². The van der Waals surface area contributed by atoms with Gasteiger partial charge in [-0.15, -0.1) is 11.3 Å². The van der Waals surface area contributed by atoms with Crippen molar-refractivity contribution in [3.63, 3.8) is 0 Å². The fraction of sp³-hybridized carbons (Fsp3) is 0.167. The van der Waals surface area contributed by atoms with Crippen LogP contribution >= 0.6 is 11.3 Å². The van der Waals surface area contributed by atoms with Crippen LogP contribution in [0.25, 0.3) is 11.3 Å². The van der Waals surface area contributed by atoms with Crippen molar-refractivity contribution >= 4 is 17.0 Å². The van der Waals surface area contributed by atoms with Gasteiger partial charge in [0, 0.05) is 29.8 Å². The molecule has 7 heteroatoms. The largest absolute Gasteiger partial charge is 0.497 e. The summed E-state index contributed by atoms with van der Waals surface area (Å²) in [6, 6.07) is 19.6. The minimum absolute atomic E-state index is 0.603. The molecule has 0 bridgehead atoms. The highest BCUT2D eigenvalue weighted by molar-refractivity contribution is 7.07. The van der Waals surface area contributed by atoms with Gasteiger partial charge in [-0.3, -0.25) is 4.98 Å². The minimum atomic E-state index is 0.603. The first-order valence-electron chi connectivity index (χ1n) is 9.70. The van der Waals surface area contributed by atoms with Crippen LogP contribution in [0.5, 0.6) is 17.2 Å². The van der Waals surface area contributed by atoms with Gasteiger partial charge in [0.05, 0.1) is 44.9 Å². The highest BCUT2D eigenvalue weighted by Crippen LogP contribution is 2.28. The quantitative estimate of drug-likeness (QED) is 0.415. The van der Waals surface area contributed by atoms with Crippen molar-refractivity contribution in [2.45, 2.75) is 6.54 Å². The van der Waals surface area contributed by atoms with E-state index in [2.05, 4.69) is 14.9 Å².